The van der Waals surface area contributed by atoms with Crippen molar-refractivity contribution in [1.29, 1.82) is 0 Å². The molecule has 0 saturated carbocycles. The Kier molecular flexibility index (Phi) is 8.46. The first kappa shape index (κ1) is 27.6. The Bertz CT molecular complexity index is 1480. The van der Waals surface area contributed by atoms with Crippen molar-refractivity contribution in [2.75, 3.05) is 23.4 Å². The van der Waals surface area contributed by atoms with Crippen LogP contribution in [0, 0.1) is 13.8 Å². The second-order valence-electron chi connectivity index (χ2n) is 8.71. The van der Waals surface area contributed by atoms with Gasteiger partial charge >= 0.3 is 6.03 Å². The average molecular weight is 592 g/mol. The van der Waals surface area contributed by atoms with Gasteiger partial charge in [-0.15, -0.1) is 0 Å². The summed E-state index contributed by atoms with van der Waals surface area (Å²) in [6, 6.07) is 16.1. The molecule has 0 radical (unpaired) electrons. The molecule has 0 spiro atoms. The van der Waals surface area contributed by atoms with Crippen LogP contribution in [0.25, 0.3) is 6.08 Å². The summed E-state index contributed by atoms with van der Waals surface area (Å²) in [5.74, 6) is -1.25. The summed E-state index contributed by atoms with van der Waals surface area (Å²) in [6.45, 7) is 5.82. The molecule has 5 amide bonds. The van der Waals surface area contributed by atoms with Crippen LogP contribution in [0.15, 0.2) is 70.7 Å². The first-order chi connectivity index (χ1) is 18.7. The molecule has 1 fully saturated rings. The SMILES string of the molecule is CCOc1cc(/C=C2\C(=O)NC(=O)N(c3ccc(Br)cc3)C2=O)ccc1OCC(=O)Nc1ccc(C)c(C)c1. The van der Waals surface area contributed by atoms with Gasteiger partial charge in [-0.25, -0.2) is 9.69 Å². The lowest BCUT2D eigenvalue weighted by molar-refractivity contribution is -0.122. The predicted molar refractivity (Wildman–Crippen MR) is 151 cm³/mol. The summed E-state index contributed by atoms with van der Waals surface area (Å²) >= 11 is 3.32. The molecule has 3 aromatic rings. The van der Waals surface area contributed by atoms with Gasteiger partial charge in [-0.1, -0.05) is 28.1 Å². The largest absolute Gasteiger partial charge is 0.490 e. The summed E-state index contributed by atoms with van der Waals surface area (Å²) in [4.78, 5) is 51.4. The number of anilines is 2. The first-order valence-electron chi connectivity index (χ1n) is 12.1. The fraction of sp³-hybridized carbons (Fsp3) is 0.172. The quantitative estimate of drug-likeness (QED) is 0.277. The first-order valence-corrected chi connectivity index (χ1v) is 12.9. The van der Waals surface area contributed by atoms with E-state index in [-0.39, 0.29) is 18.1 Å². The van der Waals surface area contributed by atoms with Gasteiger partial charge in [-0.2, -0.15) is 0 Å². The van der Waals surface area contributed by atoms with Gasteiger partial charge in [0.2, 0.25) is 0 Å². The molecular weight excluding hydrogens is 566 g/mol. The zero-order chi connectivity index (χ0) is 28.1. The molecule has 3 aromatic carbocycles. The molecule has 200 valence electrons. The van der Waals surface area contributed by atoms with Gasteiger partial charge in [0.25, 0.3) is 17.7 Å². The summed E-state index contributed by atoms with van der Waals surface area (Å²) in [5, 5.41) is 5.00. The van der Waals surface area contributed by atoms with Crippen LogP contribution in [0.4, 0.5) is 16.2 Å². The molecule has 10 heteroatoms. The predicted octanol–water partition coefficient (Wildman–Crippen LogP) is 5.15. The van der Waals surface area contributed by atoms with Crippen molar-refractivity contribution in [3.8, 4) is 11.5 Å². The summed E-state index contributed by atoms with van der Waals surface area (Å²) < 4.78 is 12.2. The van der Waals surface area contributed by atoms with Gasteiger partial charge < -0.3 is 14.8 Å². The van der Waals surface area contributed by atoms with Crippen molar-refractivity contribution in [1.82, 2.24) is 5.32 Å². The third-order valence-corrected chi connectivity index (χ3v) is 6.44. The second kappa shape index (κ2) is 12.0. The fourth-order valence-electron chi connectivity index (χ4n) is 3.81. The van der Waals surface area contributed by atoms with E-state index in [1.165, 1.54) is 6.08 Å². The van der Waals surface area contributed by atoms with Crippen LogP contribution in [0.3, 0.4) is 0 Å². The third-order valence-electron chi connectivity index (χ3n) is 5.91. The van der Waals surface area contributed by atoms with Crippen LogP contribution in [0.5, 0.6) is 11.5 Å². The zero-order valence-electron chi connectivity index (χ0n) is 21.5. The second-order valence-corrected chi connectivity index (χ2v) is 9.63. The Labute approximate surface area is 233 Å². The molecule has 9 nitrogen and oxygen atoms in total. The Morgan fingerprint density at radius 3 is 2.38 bits per heavy atom. The average Bonchev–Trinajstić information content (AvgIpc) is 2.89. The summed E-state index contributed by atoms with van der Waals surface area (Å²) in [6.07, 6.45) is 1.37. The molecule has 4 rings (SSSR count). The number of barbiturate groups is 1. The summed E-state index contributed by atoms with van der Waals surface area (Å²) in [7, 11) is 0. The monoisotopic (exact) mass is 591 g/mol. The molecule has 1 aliphatic rings. The number of hydrogen-bond acceptors (Lipinski definition) is 6. The lowest BCUT2D eigenvalue weighted by atomic mass is 10.1. The molecule has 1 heterocycles. The van der Waals surface area contributed by atoms with E-state index in [9.17, 15) is 19.2 Å². The van der Waals surface area contributed by atoms with Crippen molar-refractivity contribution in [3.05, 3.63) is 87.4 Å². The molecular formula is C29H26BrN3O6. The van der Waals surface area contributed by atoms with E-state index in [1.54, 1.807) is 49.4 Å². The minimum Gasteiger partial charge on any atom is -0.490 e. The van der Waals surface area contributed by atoms with E-state index in [0.717, 1.165) is 20.5 Å². The van der Waals surface area contributed by atoms with Crippen molar-refractivity contribution < 1.29 is 28.7 Å². The van der Waals surface area contributed by atoms with Crippen molar-refractivity contribution in [3.63, 3.8) is 0 Å². The van der Waals surface area contributed by atoms with Crippen LogP contribution >= 0.6 is 15.9 Å². The van der Waals surface area contributed by atoms with Crippen LogP contribution in [-0.2, 0) is 14.4 Å². The molecule has 2 N–H and O–H groups in total. The number of aryl methyl sites for hydroxylation is 2. The number of halogens is 1. The van der Waals surface area contributed by atoms with Crippen LogP contribution in [0.2, 0.25) is 0 Å². The number of urea groups is 1. The minimum absolute atomic E-state index is 0.221. The maximum atomic E-state index is 13.1. The number of carbonyl (C=O) groups excluding carboxylic acids is 4. The van der Waals surface area contributed by atoms with Gasteiger partial charge in [0.15, 0.2) is 18.1 Å². The molecule has 39 heavy (non-hydrogen) atoms. The van der Waals surface area contributed by atoms with Gasteiger partial charge in [0.05, 0.1) is 12.3 Å². The van der Waals surface area contributed by atoms with Crippen LogP contribution in [0.1, 0.15) is 23.6 Å². The van der Waals surface area contributed by atoms with Crippen molar-refractivity contribution in [2.24, 2.45) is 0 Å². The Balaban J connectivity index is 1.52. The van der Waals surface area contributed by atoms with E-state index in [4.69, 9.17) is 9.47 Å². The standard InChI is InChI=1S/C29H26BrN3O6/c1-4-38-25-15-19(6-12-24(25)39-16-26(34)31-21-9-5-17(2)18(3)13-21)14-23-27(35)32-29(37)33(28(23)36)22-10-7-20(30)8-11-22/h5-15H,4,16H2,1-3H3,(H,31,34)(H,32,35,37)/b23-14+. The Morgan fingerprint density at radius 2 is 1.69 bits per heavy atom. The molecule has 0 aliphatic carbocycles. The minimum atomic E-state index is -0.831. The van der Waals surface area contributed by atoms with Gasteiger partial charge in [0.1, 0.15) is 5.57 Å². The number of carbonyl (C=O) groups is 4. The highest BCUT2D eigenvalue weighted by Gasteiger charge is 2.36. The van der Waals surface area contributed by atoms with Gasteiger partial charge in [-0.05, 0) is 92.1 Å². The zero-order valence-corrected chi connectivity index (χ0v) is 23.1. The highest BCUT2D eigenvalue weighted by molar-refractivity contribution is 9.10. The van der Waals surface area contributed by atoms with E-state index in [0.29, 0.717) is 35.0 Å². The molecule has 1 saturated heterocycles. The smallest absolute Gasteiger partial charge is 0.335 e. The molecule has 0 unspecified atom stereocenters. The van der Waals surface area contributed by atoms with E-state index < -0.39 is 17.8 Å². The third kappa shape index (κ3) is 6.53. The topological polar surface area (TPSA) is 114 Å². The number of hydrogen-bond donors (Lipinski definition) is 2. The maximum Gasteiger partial charge on any atom is 0.335 e. The van der Waals surface area contributed by atoms with Crippen molar-refractivity contribution in [2.45, 2.75) is 20.8 Å². The highest BCUT2D eigenvalue weighted by Crippen LogP contribution is 2.30. The normalized spacial score (nSPS) is 14.3. The van der Waals surface area contributed by atoms with Crippen LogP contribution in [-0.4, -0.2) is 37.0 Å². The number of benzene rings is 3. The van der Waals surface area contributed by atoms with E-state index >= 15 is 0 Å². The number of rotatable bonds is 8. The van der Waals surface area contributed by atoms with E-state index in [1.807, 2.05) is 32.0 Å². The molecule has 1 aliphatic heterocycles. The van der Waals surface area contributed by atoms with E-state index in [2.05, 4.69) is 26.6 Å². The number of imide groups is 2. The summed E-state index contributed by atoms with van der Waals surface area (Å²) in [5.41, 5.74) is 3.42. The number of amides is 5. The van der Waals surface area contributed by atoms with Gasteiger partial charge in [-0.3, -0.25) is 19.7 Å². The number of nitrogens with zero attached hydrogens (tertiary/aromatic N) is 1. The maximum absolute atomic E-state index is 13.1. The Morgan fingerprint density at radius 1 is 0.949 bits per heavy atom. The number of nitrogens with one attached hydrogen (secondary N) is 2. The Hall–Kier alpha value is -4.44. The highest BCUT2D eigenvalue weighted by atomic mass is 79.9. The fourth-order valence-corrected chi connectivity index (χ4v) is 4.07. The van der Waals surface area contributed by atoms with Crippen LogP contribution < -0.4 is 25.0 Å². The number of ether oxygens (including phenoxy) is 2. The molecule has 0 aromatic heterocycles. The molecule has 0 bridgehead atoms. The molecule has 0 atom stereocenters. The lowest BCUT2D eigenvalue weighted by Gasteiger charge is -2.26. The van der Waals surface area contributed by atoms with Crippen molar-refractivity contribution >= 4 is 57.1 Å². The van der Waals surface area contributed by atoms with Gasteiger partial charge in [0, 0.05) is 10.2 Å². The lowest BCUT2D eigenvalue weighted by Crippen LogP contribution is -2.54.